The van der Waals surface area contributed by atoms with Crippen molar-refractivity contribution in [1.82, 2.24) is 10.2 Å². The topological polar surface area (TPSA) is 95.9 Å². The Bertz CT molecular complexity index is 1010. The van der Waals surface area contributed by atoms with Gasteiger partial charge in [0.15, 0.2) is 0 Å². The second-order valence-electron chi connectivity index (χ2n) is 7.99. The first-order chi connectivity index (χ1) is 15.0. The zero-order valence-corrected chi connectivity index (χ0v) is 17.5. The highest BCUT2D eigenvalue weighted by Crippen LogP contribution is 2.44. The third kappa shape index (κ3) is 3.44. The van der Waals surface area contributed by atoms with Crippen LogP contribution in [0.15, 0.2) is 48.5 Å². The summed E-state index contributed by atoms with van der Waals surface area (Å²) < 4.78 is 5.53. The molecule has 0 radical (unpaired) electrons. The molecule has 2 N–H and O–H groups in total. The van der Waals surface area contributed by atoms with Crippen LogP contribution in [0.25, 0.3) is 11.1 Å². The number of fused-ring (bicyclic) bond motifs is 4. The molecule has 2 aromatic carbocycles. The van der Waals surface area contributed by atoms with Gasteiger partial charge >= 0.3 is 12.1 Å². The van der Waals surface area contributed by atoms with E-state index >= 15 is 0 Å². The molecule has 2 saturated heterocycles. The summed E-state index contributed by atoms with van der Waals surface area (Å²) in [6.07, 6.45) is 0.468. The quantitative estimate of drug-likeness (QED) is 0.762. The number of carboxylic acids is 1. The van der Waals surface area contributed by atoms with Crippen LogP contribution in [0.5, 0.6) is 0 Å². The van der Waals surface area contributed by atoms with Gasteiger partial charge in [0.1, 0.15) is 18.7 Å². The maximum atomic E-state index is 12.8. The summed E-state index contributed by atoms with van der Waals surface area (Å²) in [6, 6.07) is 14.6. The minimum absolute atomic E-state index is 0.0593. The number of carboxylic acid groups (broad SMARTS) is 1. The van der Waals surface area contributed by atoms with Gasteiger partial charge in [-0.05, 0) is 35.1 Å². The summed E-state index contributed by atoms with van der Waals surface area (Å²) in [4.78, 5) is 38.2. The number of alkyl carbamates (subject to hydrolysis) is 1. The van der Waals surface area contributed by atoms with Crippen LogP contribution >= 0.6 is 11.8 Å². The largest absolute Gasteiger partial charge is 0.480 e. The number of nitrogens with one attached hydrogen (secondary N) is 1. The van der Waals surface area contributed by atoms with Gasteiger partial charge in [0.25, 0.3) is 0 Å². The fourth-order valence-corrected chi connectivity index (χ4v) is 6.22. The minimum atomic E-state index is -1.01. The van der Waals surface area contributed by atoms with E-state index in [-0.39, 0.29) is 23.8 Å². The third-order valence-electron chi connectivity index (χ3n) is 6.27. The lowest BCUT2D eigenvalue weighted by molar-refractivity contribution is -0.151. The van der Waals surface area contributed by atoms with E-state index < -0.39 is 24.1 Å². The zero-order chi connectivity index (χ0) is 21.5. The van der Waals surface area contributed by atoms with Crippen LogP contribution in [0.4, 0.5) is 4.79 Å². The number of hydrogen-bond donors (Lipinski definition) is 2. The highest BCUT2D eigenvalue weighted by atomic mass is 32.2. The van der Waals surface area contributed by atoms with Crippen LogP contribution < -0.4 is 5.32 Å². The number of ether oxygens (including phenoxy) is 1. The molecule has 3 atom stereocenters. The molecule has 2 aliphatic heterocycles. The highest BCUT2D eigenvalue weighted by molar-refractivity contribution is 8.00. The average molecular weight is 439 g/mol. The molecule has 31 heavy (non-hydrogen) atoms. The Labute approximate surface area is 183 Å². The molecule has 2 aromatic rings. The molecule has 1 unspecified atom stereocenters. The summed E-state index contributed by atoms with van der Waals surface area (Å²) in [7, 11) is 0. The smallest absolute Gasteiger partial charge is 0.407 e. The van der Waals surface area contributed by atoms with Crippen molar-refractivity contribution < 1.29 is 24.2 Å². The molecule has 2 fully saturated rings. The van der Waals surface area contributed by atoms with E-state index in [9.17, 15) is 19.5 Å². The van der Waals surface area contributed by atoms with Crippen molar-refractivity contribution in [3.8, 4) is 11.1 Å². The van der Waals surface area contributed by atoms with Crippen LogP contribution in [0, 0.1) is 0 Å². The van der Waals surface area contributed by atoms with Crippen LogP contribution in [-0.4, -0.2) is 57.8 Å². The van der Waals surface area contributed by atoms with Crippen LogP contribution in [0.3, 0.4) is 0 Å². The maximum absolute atomic E-state index is 12.8. The molecular weight excluding hydrogens is 416 g/mol. The van der Waals surface area contributed by atoms with Gasteiger partial charge < -0.3 is 20.1 Å². The minimum Gasteiger partial charge on any atom is -0.480 e. The molecule has 1 aliphatic carbocycles. The molecule has 0 aromatic heterocycles. The number of nitrogens with zero attached hydrogens (tertiary/aromatic N) is 1. The van der Waals surface area contributed by atoms with Gasteiger partial charge in [-0.25, -0.2) is 9.59 Å². The number of carbonyl (C=O) groups excluding carboxylic acids is 2. The molecular formula is C23H22N2O5S. The lowest BCUT2D eigenvalue weighted by atomic mass is 9.98. The van der Waals surface area contributed by atoms with E-state index in [2.05, 4.69) is 17.4 Å². The number of thioether (sulfide) groups is 1. The molecule has 0 bridgehead atoms. The van der Waals surface area contributed by atoms with E-state index in [1.54, 1.807) is 0 Å². The molecule has 8 heteroatoms. The SMILES string of the molecule is O=C(N[C@H]1CCC2SC[C@@H](C(=O)O)N2C1=O)OCC1c2ccccc2-c2ccccc21. The first kappa shape index (κ1) is 19.9. The second-order valence-corrected chi connectivity index (χ2v) is 9.20. The van der Waals surface area contributed by atoms with Gasteiger partial charge in [0.2, 0.25) is 5.91 Å². The summed E-state index contributed by atoms with van der Waals surface area (Å²) in [5.74, 6) is -1.04. The lowest BCUT2D eigenvalue weighted by Crippen LogP contribution is -2.57. The lowest BCUT2D eigenvalue weighted by Gasteiger charge is -2.36. The van der Waals surface area contributed by atoms with E-state index in [1.165, 1.54) is 16.7 Å². The fourth-order valence-electron chi connectivity index (χ4n) is 4.80. The van der Waals surface area contributed by atoms with E-state index in [0.29, 0.717) is 18.6 Å². The molecule has 3 aliphatic rings. The Kier molecular flexibility index (Phi) is 5.09. The molecule has 160 valence electrons. The van der Waals surface area contributed by atoms with Crippen LogP contribution in [0.1, 0.15) is 29.9 Å². The molecule has 2 amide bonds. The van der Waals surface area contributed by atoms with Crippen molar-refractivity contribution in [3.05, 3.63) is 59.7 Å². The number of carbonyl (C=O) groups is 3. The predicted molar refractivity (Wildman–Crippen MR) is 116 cm³/mol. The Balaban J connectivity index is 1.25. The first-order valence-corrected chi connectivity index (χ1v) is 11.4. The second kappa shape index (κ2) is 7.92. The molecule has 0 spiro atoms. The summed E-state index contributed by atoms with van der Waals surface area (Å²) in [5.41, 5.74) is 4.52. The predicted octanol–water partition coefficient (Wildman–Crippen LogP) is 3.04. The zero-order valence-electron chi connectivity index (χ0n) is 16.7. The third-order valence-corrected chi connectivity index (χ3v) is 7.62. The van der Waals surface area contributed by atoms with Crippen molar-refractivity contribution >= 4 is 29.7 Å². The Morgan fingerprint density at radius 3 is 2.35 bits per heavy atom. The van der Waals surface area contributed by atoms with Crippen molar-refractivity contribution in [3.63, 3.8) is 0 Å². The molecule has 0 saturated carbocycles. The summed E-state index contributed by atoms with van der Waals surface area (Å²) in [6.45, 7) is 0.167. The molecule has 2 heterocycles. The normalized spacial score (nSPS) is 24.3. The first-order valence-electron chi connectivity index (χ1n) is 10.3. The van der Waals surface area contributed by atoms with Gasteiger partial charge in [0, 0.05) is 11.7 Å². The van der Waals surface area contributed by atoms with Crippen LogP contribution in [0.2, 0.25) is 0 Å². The average Bonchev–Trinajstić information content (AvgIpc) is 3.34. The highest BCUT2D eigenvalue weighted by Gasteiger charge is 2.47. The Hall–Kier alpha value is -3.00. The van der Waals surface area contributed by atoms with Crippen molar-refractivity contribution in [2.45, 2.75) is 36.2 Å². The van der Waals surface area contributed by atoms with Gasteiger partial charge in [-0.2, -0.15) is 0 Å². The number of aliphatic carboxylic acids is 1. The van der Waals surface area contributed by atoms with Crippen molar-refractivity contribution in [1.29, 1.82) is 0 Å². The monoisotopic (exact) mass is 438 g/mol. The summed E-state index contributed by atoms with van der Waals surface area (Å²) >= 11 is 1.48. The Morgan fingerprint density at radius 2 is 1.71 bits per heavy atom. The fraction of sp³-hybridized carbons (Fsp3) is 0.348. The van der Waals surface area contributed by atoms with Crippen LogP contribution in [-0.2, 0) is 14.3 Å². The number of piperidine rings is 1. The molecule has 7 nitrogen and oxygen atoms in total. The van der Waals surface area contributed by atoms with Crippen molar-refractivity contribution in [2.24, 2.45) is 0 Å². The van der Waals surface area contributed by atoms with Gasteiger partial charge in [0.05, 0.1) is 5.37 Å². The summed E-state index contributed by atoms with van der Waals surface area (Å²) in [5, 5.41) is 11.9. The number of hydrogen-bond acceptors (Lipinski definition) is 5. The number of amides is 2. The van der Waals surface area contributed by atoms with E-state index in [1.807, 2.05) is 36.4 Å². The van der Waals surface area contributed by atoms with E-state index in [0.717, 1.165) is 22.3 Å². The van der Waals surface area contributed by atoms with Gasteiger partial charge in [-0.3, -0.25) is 4.79 Å². The van der Waals surface area contributed by atoms with Gasteiger partial charge in [-0.1, -0.05) is 48.5 Å². The van der Waals surface area contributed by atoms with Crippen molar-refractivity contribution in [2.75, 3.05) is 12.4 Å². The maximum Gasteiger partial charge on any atom is 0.407 e. The van der Waals surface area contributed by atoms with Gasteiger partial charge in [-0.15, -0.1) is 11.8 Å². The standard InChI is InChI=1S/C23H22N2O5S/c26-21-18(9-10-20-25(21)19(12-31-20)22(27)28)24-23(29)30-11-17-15-7-3-1-5-13(15)14-6-2-4-8-16(14)17/h1-8,17-20H,9-12H2,(H,24,29)(H,27,28)/t18-,19-,20?/m0/s1. The number of rotatable bonds is 4. The molecule has 5 rings (SSSR count). The van der Waals surface area contributed by atoms with E-state index in [4.69, 9.17) is 4.74 Å². The Morgan fingerprint density at radius 1 is 1.06 bits per heavy atom. The number of benzene rings is 2.